The topological polar surface area (TPSA) is 12.0 Å². The first-order valence-corrected chi connectivity index (χ1v) is 1.00. The maximum atomic E-state index is 2.75. The zero-order valence-electron chi connectivity index (χ0n) is 2.91. The van der Waals surface area contributed by atoms with Crippen molar-refractivity contribution in [3.8, 4) is 0 Å². The fraction of sp³-hybridized carbons (Fsp3) is 1.00. The average Bonchev–Trinajstić information content (AvgIpc) is 0.918. The fourth-order valence-electron chi connectivity index (χ4n) is 0. The van der Waals surface area contributed by atoms with Crippen molar-refractivity contribution < 1.29 is 0 Å². The first-order valence-electron chi connectivity index (χ1n) is 1.00. The SMILES string of the molecule is Cl.[14CH3]N[14CH3]. The van der Waals surface area contributed by atoms with Gasteiger partial charge in [0.2, 0.25) is 0 Å². The largest absolute Gasteiger partial charge is 0.323 e. The van der Waals surface area contributed by atoms with Crippen LogP contribution in [0.15, 0.2) is 0 Å². The van der Waals surface area contributed by atoms with Gasteiger partial charge < -0.3 is 5.32 Å². The predicted octanol–water partition coefficient (Wildman–Crippen LogP) is 0.257. The van der Waals surface area contributed by atoms with E-state index in [1.807, 2.05) is 14.1 Å². The third-order valence-corrected chi connectivity index (χ3v) is 0. The van der Waals surface area contributed by atoms with Crippen molar-refractivity contribution in [1.82, 2.24) is 5.32 Å². The average molecular weight is 85.5 g/mol. The molecule has 1 nitrogen and oxygen atoms in total. The second kappa shape index (κ2) is 10.5. The molecular weight excluding hydrogens is 77.5 g/mol. The zero-order chi connectivity index (χ0) is 2.71. The molecule has 0 bridgehead atoms. The van der Waals surface area contributed by atoms with Gasteiger partial charge in [0.05, 0.1) is 0 Å². The molecule has 4 heavy (non-hydrogen) atoms. The molecule has 2 heteroatoms. The molecule has 0 aromatic rings. The van der Waals surface area contributed by atoms with Gasteiger partial charge in [0, 0.05) is 0 Å². The minimum absolute atomic E-state index is 0. The molecular formula is C2H8ClN. The highest BCUT2D eigenvalue weighted by Crippen LogP contribution is 0.981. The highest BCUT2D eigenvalue weighted by molar-refractivity contribution is 5.85. The lowest BCUT2D eigenvalue weighted by molar-refractivity contribution is 1.02. The maximum absolute atomic E-state index is 2.75. The van der Waals surface area contributed by atoms with Gasteiger partial charge in [-0.1, -0.05) is 0 Å². The molecule has 0 atom stereocenters. The molecule has 0 amide bonds. The summed E-state index contributed by atoms with van der Waals surface area (Å²) >= 11 is 0. The fourth-order valence-corrected chi connectivity index (χ4v) is 0. The monoisotopic (exact) mass is 85.0 g/mol. The summed E-state index contributed by atoms with van der Waals surface area (Å²) < 4.78 is 0. The lowest BCUT2D eigenvalue weighted by Crippen LogP contribution is -1.89. The van der Waals surface area contributed by atoms with Crippen LogP contribution in [-0.4, -0.2) is 14.1 Å². The predicted molar refractivity (Wildman–Crippen MR) is 22.2 cm³/mol. The molecule has 0 saturated carbocycles. The van der Waals surface area contributed by atoms with Crippen LogP contribution in [0.2, 0.25) is 0 Å². The Morgan fingerprint density at radius 3 is 1.25 bits per heavy atom. The Bertz CT molecular complexity index is 6.00. The lowest BCUT2D eigenvalue weighted by Gasteiger charge is -1.59. The molecule has 0 aliphatic rings. The van der Waals surface area contributed by atoms with Gasteiger partial charge in [0.15, 0.2) is 0 Å². The summed E-state index contributed by atoms with van der Waals surface area (Å²) in [5.41, 5.74) is 0. The summed E-state index contributed by atoms with van der Waals surface area (Å²) in [5, 5.41) is 2.75. The van der Waals surface area contributed by atoms with Crippen LogP contribution in [-0.2, 0) is 0 Å². The van der Waals surface area contributed by atoms with Gasteiger partial charge in [-0.25, -0.2) is 0 Å². The molecule has 0 aliphatic carbocycles. The van der Waals surface area contributed by atoms with Gasteiger partial charge >= 0.3 is 0 Å². The first-order chi connectivity index (χ1) is 1.41. The van der Waals surface area contributed by atoms with Gasteiger partial charge in [-0.3, -0.25) is 0 Å². The minimum Gasteiger partial charge on any atom is -0.323 e. The molecule has 0 heterocycles. The van der Waals surface area contributed by atoms with E-state index in [0.717, 1.165) is 0 Å². The molecule has 0 spiro atoms. The number of halogens is 1. The molecule has 0 aromatic heterocycles. The molecule has 0 rings (SSSR count). The van der Waals surface area contributed by atoms with E-state index in [1.54, 1.807) is 0 Å². The Kier molecular flexibility index (Phi) is 23.3. The van der Waals surface area contributed by atoms with E-state index in [1.165, 1.54) is 0 Å². The number of hydrogen-bond acceptors (Lipinski definition) is 1. The van der Waals surface area contributed by atoms with Gasteiger partial charge in [-0.2, -0.15) is 0 Å². The molecule has 1 N–H and O–H groups in total. The van der Waals surface area contributed by atoms with Crippen molar-refractivity contribution in [2.24, 2.45) is 0 Å². The Hall–Kier alpha value is 0.250. The van der Waals surface area contributed by atoms with Crippen LogP contribution in [0.5, 0.6) is 0 Å². The lowest BCUT2D eigenvalue weighted by atomic mass is 12.6. The van der Waals surface area contributed by atoms with Crippen molar-refractivity contribution in [3.05, 3.63) is 0 Å². The van der Waals surface area contributed by atoms with Crippen LogP contribution in [0.1, 0.15) is 0 Å². The molecule has 0 aliphatic heterocycles. The number of rotatable bonds is 0. The van der Waals surface area contributed by atoms with Crippen LogP contribution in [0, 0.1) is 0 Å². The smallest absolute Gasteiger partial charge is 0.0167 e. The molecule has 0 saturated heterocycles. The van der Waals surface area contributed by atoms with Crippen molar-refractivity contribution in [2.45, 2.75) is 0 Å². The van der Waals surface area contributed by atoms with Crippen LogP contribution >= 0.6 is 12.4 Å². The molecule has 28 valence electrons. The Balaban J connectivity index is 0. The maximum Gasteiger partial charge on any atom is -0.0167 e. The Labute approximate surface area is 32.8 Å². The van der Waals surface area contributed by atoms with Crippen molar-refractivity contribution in [2.75, 3.05) is 14.1 Å². The zero-order valence-corrected chi connectivity index (χ0v) is 3.72. The Morgan fingerprint density at radius 1 is 1.25 bits per heavy atom. The summed E-state index contributed by atoms with van der Waals surface area (Å²) in [6.07, 6.45) is 0. The molecule has 0 aromatic carbocycles. The normalized spacial score (nSPS) is 4.50. The van der Waals surface area contributed by atoms with E-state index in [2.05, 4.69) is 5.32 Å². The van der Waals surface area contributed by atoms with Crippen LogP contribution in [0.4, 0.5) is 0 Å². The summed E-state index contributed by atoms with van der Waals surface area (Å²) in [6, 6.07) is 0. The van der Waals surface area contributed by atoms with Crippen LogP contribution in [0.3, 0.4) is 0 Å². The summed E-state index contributed by atoms with van der Waals surface area (Å²) in [7, 11) is 3.75. The highest BCUT2D eigenvalue weighted by Gasteiger charge is 1.25. The highest BCUT2D eigenvalue weighted by atomic mass is 35.5. The van der Waals surface area contributed by atoms with E-state index in [4.69, 9.17) is 0 Å². The number of hydrogen-bond donors (Lipinski definition) is 1. The first kappa shape index (κ1) is 8.87. The Morgan fingerprint density at radius 2 is 1.25 bits per heavy atom. The minimum atomic E-state index is 0. The third-order valence-electron chi connectivity index (χ3n) is 0. The third kappa shape index (κ3) is 56.3. The second-order valence-electron chi connectivity index (χ2n) is 0.500. The van der Waals surface area contributed by atoms with E-state index < -0.39 is 0 Å². The van der Waals surface area contributed by atoms with E-state index in [0.29, 0.717) is 0 Å². The van der Waals surface area contributed by atoms with E-state index >= 15 is 0 Å². The van der Waals surface area contributed by atoms with Gasteiger partial charge in [-0.15, -0.1) is 12.4 Å². The van der Waals surface area contributed by atoms with E-state index in [9.17, 15) is 0 Å². The van der Waals surface area contributed by atoms with Crippen LogP contribution < -0.4 is 5.32 Å². The second-order valence-corrected chi connectivity index (χ2v) is 0.500. The van der Waals surface area contributed by atoms with Gasteiger partial charge in [0.1, 0.15) is 0 Å². The van der Waals surface area contributed by atoms with Crippen molar-refractivity contribution in [3.63, 3.8) is 0 Å². The summed E-state index contributed by atoms with van der Waals surface area (Å²) in [6.45, 7) is 0. The quantitative estimate of drug-likeness (QED) is 0.445. The molecule has 0 unspecified atom stereocenters. The number of nitrogens with one attached hydrogen (secondary N) is 1. The van der Waals surface area contributed by atoms with Crippen LogP contribution in [0.25, 0.3) is 0 Å². The van der Waals surface area contributed by atoms with Gasteiger partial charge in [-0.05, 0) is 14.1 Å². The van der Waals surface area contributed by atoms with Gasteiger partial charge in [0.25, 0.3) is 0 Å². The van der Waals surface area contributed by atoms with Crippen molar-refractivity contribution in [1.29, 1.82) is 0 Å². The molecule has 0 fully saturated rings. The van der Waals surface area contributed by atoms with E-state index in [-0.39, 0.29) is 12.4 Å². The standard InChI is InChI=1S/C2H7N.ClH/c1-3-2;/h3H,1-2H3;1H/i1+2,2+2;. The summed E-state index contributed by atoms with van der Waals surface area (Å²) in [5.74, 6) is 0. The summed E-state index contributed by atoms with van der Waals surface area (Å²) in [4.78, 5) is 0. The molecule has 0 radical (unpaired) electrons. The van der Waals surface area contributed by atoms with Crippen molar-refractivity contribution >= 4 is 12.4 Å².